The van der Waals surface area contributed by atoms with Gasteiger partial charge in [-0.1, -0.05) is 54.1 Å². The first-order valence-corrected chi connectivity index (χ1v) is 9.67. The van der Waals surface area contributed by atoms with E-state index < -0.39 is 17.9 Å². The van der Waals surface area contributed by atoms with Crippen molar-refractivity contribution in [1.82, 2.24) is 15.3 Å². The normalized spacial score (nSPS) is 11.4. The van der Waals surface area contributed by atoms with Gasteiger partial charge in [-0.3, -0.25) is 9.78 Å². The highest BCUT2D eigenvalue weighted by molar-refractivity contribution is 6.33. The Labute approximate surface area is 179 Å². The molecule has 1 amide bonds. The third kappa shape index (κ3) is 5.55. The topological polar surface area (TPSA) is 90.4 Å². The monoisotopic (exact) mass is 425 g/mol. The molecule has 1 unspecified atom stereocenters. The number of carbonyl (C=O) groups is 2. The van der Waals surface area contributed by atoms with Crippen LogP contribution in [0.4, 0.5) is 0 Å². The number of nitrogens with zero attached hydrogens (tertiary/aromatic N) is 2. The lowest BCUT2D eigenvalue weighted by Crippen LogP contribution is -2.36. The molecule has 1 N–H and O–H groups in total. The second kappa shape index (κ2) is 10.4. The zero-order chi connectivity index (χ0) is 21.3. The molecule has 1 atom stereocenters. The molecule has 1 aromatic heterocycles. The number of halogens is 1. The van der Waals surface area contributed by atoms with Crippen molar-refractivity contribution in [3.8, 4) is 5.75 Å². The number of hydrogen-bond donors (Lipinski definition) is 1. The summed E-state index contributed by atoms with van der Waals surface area (Å²) < 4.78 is 10.6. The van der Waals surface area contributed by atoms with E-state index in [2.05, 4.69) is 15.3 Å². The molecular weight excluding hydrogens is 406 g/mol. The van der Waals surface area contributed by atoms with Gasteiger partial charge in [0.1, 0.15) is 24.1 Å². The summed E-state index contributed by atoms with van der Waals surface area (Å²) >= 11 is 6.20. The van der Waals surface area contributed by atoms with E-state index in [9.17, 15) is 9.59 Å². The molecular formula is C22H20ClN3O4. The van der Waals surface area contributed by atoms with Crippen molar-refractivity contribution in [3.05, 3.63) is 89.0 Å². The van der Waals surface area contributed by atoms with Gasteiger partial charge in [-0.2, -0.15) is 0 Å². The van der Waals surface area contributed by atoms with Gasteiger partial charge < -0.3 is 14.8 Å². The van der Waals surface area contributed by atoms with Crippen molar-refractivity contribution in [2.24, 2.45) is 0 Å². The van der Waals surface area contributed by atoms with Crippen molar-refractivity contribution < 1.29 is 19.1 Å². The summed E-state index contributed by atoms with van der Waals surface area (Å²) in [6.45, 7) is 2.09. The summed E-state index contributed by atoms with van der Waals surface area (Å²) in [7, 11) is 0. The SMILES string of the molecule is CCOC(=O)C(=O)NC(c1cccc(OCc2ccccc2)c1)c1nccnc1Cl. The van der Waals surface area contributed by atoms with Gasteiger partial charge in [0.25, 0.3) is 0 Å². The molecule has 0 saturated carbocycles. The Morgan fingerprint density at radius 3 is 2.57 bits per heavy atom. The van der Waals surface area contributed by atoms with Crippen LogP contribution >= 0.6 is 11.6 Å². The van der Waals surface area contributed by atoms with Gasteiger partial charge in [0.15, 0.2) is 5.15 Å². The second-order valence-electron chi connectivity index (χ2n) is 6.21. The number of ether oxygens (including phenoxy) is 2. The number of aromatic nitrogens is 2. The maximum atomic E-state index is 12.3. The van der Waals surface area contributed by atoms with E-state index in [0.717, 1.165) is 5.56 Å². The molecule has 3 aromatic rings. The summed E-state index contributed by atoms with van der Waals surface area (Å²) in [5, 5.41) is 2.73. The highest BCUT2D eigenvalue weighted by Gasteiger charge is 2.25. The Morgan fingerprint density at radius 2 is 1.83 bits per heavy atom. The van der Waals surface area contributed by atoms with Gasteiger partial charge in [-0.05, 0) is 30.2 Å². The van der Waals surface area contributed by atoms with Crippen LogP contribution in [0, 0.1) is 0 Å². The number of carbonyl (C=O) groups excluding carboxylic acids is 2. The van der Waals surface area contributed by atoms with Crippen molar-refractivity contribution >= 4 is 23.5 Å². The molecule has 30 heavy (non-hydrogen) atoms. The smallest absolute Gasteiger partial charge is 0.396 e. The van der Waals surface area contributed by atoms with E-state index in [1.165, 1.54) is 12.4 Å². The van der Waals surface area contributed by atoms with Crippen LogP contribution in [0.1, 0.15) is 29.8 Å². The Hall–Kier alpha value is -3.45. The molecule has 3 rings (SSSR count). The maximum Gasteiger partial charge on any atom is 0.396 e. The van der Waals surface area contributed by atoms with E-state index in [4.69, 9.17) is 21.1 Å². The minimum Gasteiger partial charge on any atom is -0.489 e. The van der Waals surface area contributed by atoms with Gasteiger partial charge in [-0.25, -0.2) is 9.78 Å². The van der Waals surface area contributed by atoms with Crippen LogP contribution in [0.2, 0.25) is 5.15 Å². The Morgan fingerprint density at radius 1 is 1.07 bits per heavy atom. The van der Waals surface area contributed by atoms with Gasteiger partial charge in [0.2, 0.25) is 0 Å². The van der Waals surface area contributed by atoms with Gasteiger partial charge in [0.05, 0.1) is 6.61 Å². The molecule has 0 aliphatic heterocycles. The summed E-state index contributed by atoms with van der Waals surface area (Å²) in [5.74, 6) is -1.30. The van der Waals surface area contributed by atoms with Gasteiger partial charge in [-0.15, -0.1) is 0 Å². The van der Waals surface area contributed by atoms with E-state index >= 15 is 0 Å². The number of benzene rings is 2. The van der Waals surface area contributed by atoms with Gasteiger partial charge in [0, 0.05) is 12.4 Å². The third-order valence-electron chi connectivity index (χ3n) is 4.13. The van der Waals surface area contributed by atoms with Crippen molar-refractivity contribution in [3.63, 3.8) is 0 Å². The molecule has 0 radical (unpaired) electrons. The van der Waals surface area contributed by atoms with Crippen molar-refractivity contribution in [1.29, 1.82) is 0 Å². The zero-order valence-corrected chi connectivity index (χ0v) is 17.0. The molecule has 0 bridgehead atoms. The van der Waals surface area contributed by atoms with Crippen LogP contribution in [-0.2, 0) is 20.9 Å². The van der Waals surface area contributed by atoms with Crippen LogP contribution in [0.5, 0.6) is 5.75 Å². The Balaban J connectivity index is 1.86. The highest BCUT2D eigenvalue weighted by atomic mass is 35.5. The minimum atomic E-state index is -0.987. The van der Waals surface area contributed by atoms with Crippen LogP contribution in [-0.4, -0.2) is 28.5 Å². The summed E-state index contributed by atoms with van der Waals surface area (Å²) in [6.07, 6.45) is 2.90. The number of amides is 1. The van der Waals surface area contributed by atoms with Crippen molar-refractivity contribution in [2.45, 2.75) is 19.6 Å². The first kappa shape index (κ1) is 21.3. The highest BCUT2D eigenvalue weighted by Crippen LogP contribution is 2.28. The Bertz CT molecular complexity index is 1010. The molecule has 8 heteroatoms. The third-order valence-corrected chi connectivity index (χ3v) is 4.42. The summed E-state index contributed by atoms with van der Waals surface area (Å²) in [6, 6.07) is 16.0. The molecule has 1 heterocycles. The quantitative estimate of drug-likeness (QED) is 0.460. The predicted octanol–water partition coefficient (Wildman–Crippen LogP) is 3.48. The van der Waals surface area contributed by atoms with E-state index in [-0.39, 0.29) is 11.8 Å². The molecule has 154 valence electrons. The van der Waals surface area contributed by atoms with Crippen LogP contribution in [0.25, 0.3) is 0 Å². The predicted molar refractivity (Wildman–Crippen MR) is 111 cm³/mol. The fourth-order valence-corrected chi connectivity index (χ4v) is 2.96. The average Bonchev–Trinajstić information content (AvgIpc) is 2.77. The maximum absolute atomic E-state index is 12.3. The largest absolute Gasteiger partial charge is 0.489 e. The summed E-state index contributed by atoms with van der Waals surface area (Å²) in [5.41, 5.74) is 1.95. The molecule has 0 spiro atoms. The molecule has 0 fully saturated rings. The number of esters is 1. The zero-order valence-electron chi connectivity index (χ0n) is 16.2. The minimum absolute atomic E-state index is 0.0889. The fourth-order valence-electron chi connectivity index (χ4n) is 2.75. The molecule has 0 aliphatic rings. The summed E-state index contributed by atoms with van der Waals surface area (Å²) in [4.78, 5) is 32.4. The molecule has 2 aromatic carbocycles. The molecule has 0 saturated heterocycles. The lowest BCUT2D eigenvalue weighted by Gasteiger charge is -2.19. The van der Waals surface area contributed by atoms with Crippen LogP contribution in [0.3, 0.4) is 0 Å². The van der Waals surface area contributed by atoms with E-state index in [1.807, 2.05) is 30.3 Å². The van der Waals surface area contributed by atoms with Crippen molar-refractivity contribution in [2.75, 3.05) is 6.61 Å². The van der Waals surface area contributed by atoms with E-state index in [0.29, 0.717) is 23.6 Å². The first-order valence-electron chi connectivity index (χ1n) is 9.29. The number of hydrogen-bond acceptors (Lipinski definition) is 6. The Kier molecular flexibility index (Phi) is 7.34. The first-order chi connectivity index (χ1) is 14.6. The lowest BCUT2D eigenvalue weighted by molar-refractivity contribution is -0.154. The average molecular weight is 426 g/mol. The number of rotatable bonds is 7. The fraction of sp³-hybridized carbons (Fsp3) is 0.182. The second-order valence-corrected chi connectivity index (χ2v) is 6.56. The standard InChI is InChI=1S/C22H20ClN3O4/c1-2-29-22(28)21(27)26-18(19-20(23)25-12-11-24-19)16-9-6-10-17(13-16)30-14-15-7-4-3-5-8-15/h3-13,18H,2,14H2,1H3,(H,26,27). The van der Waals surface area contributed by atoms with Gasteiger partial charge >= 0.3 is 11.9 Å². The van der Waals surface area contributed by atoms with E-state index in [1.54, 1.807) is 31.2 Å². The molecule has 7 nitrogen and oxygen atoms in total. The molecule has 0 aliphatic carbocycles. The van der Waals surface area contributed by atoms with Crippen LogP contribution in [0.15, 0.2) is 67.0 Å². The lowest BCUT2D eigenvalue weighted by atomic mass is 10.0. The number of nitrogens with one attached hydrogen (secondary N) is 1. The van der Waals surface area contributed by atoms with Crippen LogP contribution < -0.4 is 10.1 Å².